The molecular weight excluding hydrogens is 306 g/mol. The van der Waals surface area contributed by atoms with Gasteiger partial charge >= 0.3 is 5.97 Å². The molecule has 0 bridgehead atoms. The number of hydrogen-bond donors (Lipinski definition) is 3. The van der Waals surface area contributed by atoms with Crippen LogP contribution in [-0.2, 0) is 0 Å². The summed E-state index contributed by atoms with van der Waals surface area (Å²) in [6.07, 6.45) is 0. The van der Waals surface area contributed by atoms with E-state index in [2.05, 4.69) is 29.1 Å². The van der Waals surface area contributed by atoms with Gasteiger partial charge in [-0.2, -0.15) is 5.11 Å². The summed E-state index contributed by atoms with van der Waals surface area (Å²) < 4.78 is 0. The molecule has 0 fully saturated rings. The number of H-pyrrole nitrogens is 1. The minimum atomic E-state index is -0.992. The highest BCUT2D eigenvalue weighted by atomic mass is 16.4. The fourth-order valence-corrected chi connectivity index (χ4v) is 2.42. The summed E-state index contributed by atoms with van der Waals surface area (Å²) >= 11 is 0. The van der Waals surface area contributed by atoms with E-state index in [1.807, 2.05) is 18.2 Å². The number of carbonyl (C=O) groups is 1. The fraction of sp³-hybridized carbons (Fsp3) is 0.167. The van der Waals surface area contributed by atoms with E-state index in [1.54, 1.807) is 12.1 Å². The average molecular weight is 323 g/mol. The molecule has 0 aliphatic carbocycles. The number of nitrogens with zero attached hydrogens (tertiary/aromatic N) is 2. The van der Waals surface area contributed by atoms with E-state index >= 15 is 0 Å². The van der Waals surface area contributed by atoms with E-state index in [0.717, 1.165) is 16.5 Å². The first kappa shape index (κ1) is 15.7. The third-order valence-electron chi connectivity index (χ3n) is 3.82. The van der Waals surface area contributed by atoms with Crippen LogP contribution >= 0.6 is 0 Å². The molecule has 3 rings (SSSR count). The van der Waals surface area contributed by atoms with Gasteiger partial charge in [0, 0.05) is 5.39 Å². The number of nitrogens with one attached hydrogen (secondary N) is 1. The van der Waals surface area contributed by atoms with Gasteiger partial charge in [-0.25, -0.2) is 4.79 Å². The van der Waals surface area contributed by atoms with E-state index in [9.17, 15) is 9.90 Å². The third kappa shape index (κ3) is 2.99. The summed E-state index contributed by atoms with van der Waals surface area (Å²) in [6.45, 7) is 4.19. The molecule has 2 aromatic carbocycles. The number of aromatic carboxylic acids is 1. The minimum Gasteiger partial charge on any atom is -0.493 e. The Morgan fingerprint density at radius 2 is 1.79 bits per heavy atom. The van der Waals surface area contributed by atoms with Gasteiger partial charge in [0.15, 0.2) is 5.69 Å². The lowest BCUT2D eigenvalue weighted by molar-refractivity contribution is 0.0697. The molecule has 0 aliphatic rings. The first-order valence-corrected chi connectivity index (χ1v) is 7.55. The van der Waals surface area contributed by atoms with Crippen LogP contribution in [0.3, 0.4) is 0 Å². The Labute approximate surface area is 138 Å². The number of benzene rings is 2. The summed E-state index contributed by atoms with van der Waals surface area (Å²) in [5, 5.41) is 28.0. The van der Waals surface area contributed by atoms with E-state index < -0.39 is 5.97 Å². The summed E-state index contributed by atoms with van der Waals surface area (Å²) in [7, 11) is 0. The lowest BCUT2D eigenvalue weighted by Crippen LogP contribution is -1.93. The molecule has 0 atom stereocenters. The number of fused-ring (bicyclic) bond motifs is 1. The highest BCUT2D eigenvalue weighted by Gasteiger charge is 2.12. The largest absolute Gasteiger partial charge is 0.493 e. The molecule has 0 amide bonds. The van der Waals surface area contributed by atoms with Gasteiger partial charge < -0.3 is 15.2 Å². The molecule has 0 radical (unpaired) electrons. The van der Waals surface area contributed by atoms with Crippen LogP contribution in [0.25, 0.3) is 10.9 Å². The van der Waals surface area contributed by atoms with Crippen LogP contribution in [0.5, 0.6) is 5.88 Å². The summed E-state index contributed by atoms with van der Waals surface area (Å²) in [5.74, 6) is -0.675. The lowest BCUT2D eigenvalue weighted by atomic mass is 10.0. The zero-order chi connectivity index (χ0) is 17.3. The zero-order valence-corrected chi connectivity index (χ0v) is 13.3. The third-order valence-corrected chi connectivity index (χ3v) is 3.82. The van der Waals surface area contributed by atoms with Gasteiger partial charge in [0.25, 0.3) is 0 Å². The monoisotopic (exact) mass is 323 g/mol. The normalized spacial score (nSPS) is 11.6. The molecule has 0 unspecified atom stereocenters. The molecule has 3 N–H and O–H groups in total. The van der Waals surface area contributed by atoms with Crippen molar-refractivity contribution in [3.8, 4) is 5.88 Å². The number of hydrogen-bond acceptors (Lipinski definition) is 4. The van der Waals surface area contributed by atoms with Crippen LogP contribution in [0.15, 0.2) is 52.7 Å². The zero-order valence-electron chi connectivity index (χ0n) is 13.3. The van der Waals surface area contributed by atoms with Gasteiger partial charge in [0.1, 0.15) is 0 Å². The maximum Gasteiger partial charge on any atom is 0.335 e. The van der Waals surface area contributed by atoms with Crippen molar-refractivity contribution >= 4 is 28.2 Å². The minimum absolute atomic E-state index is 0.0446. The van der Waals surface area contributed by atoms with Crippen LogP contribution < -0.4 is 0 Å². The number of azo groups is 1. The lowest BCUT2D eigenvalue weighted by Gasteiger charge is -2.04. The Balaban J connectivity index is 1.97. The standard InChI is InChI=1S/C18H17N3O3/c1-10(2)12-5-8-15-14(9-12)16(17(22)19-15)21-20-13-6-3-11(4-7-13)18(23)24/h3-10,19,22H,1-2H3,(H,23,24). The maximum absolute atomic E-state index is 10.8. The van der Waals surface area contributed by atoms with Gasteiger partial charge in [-0.1, -0.05) is 19.9 Å². The topological polar surface area (TPSA) is 98.0 Å². The van der Waals surface area contributed by atoms with E-state index in [-0.39, 0.29) is 11.4 Å². The molecule has 0 aliphatic heterocycles. The fourth-order valence-electron chi connectivity index (χ4n) is 2.42. The van der Waals surface area contributed by atoms with Gasteiger partial charge in [-0.05, 0) is 47.9 Å². The van der Waals surface area contributed by atoms with Crippen molar-refractivity contribution < 1.29 is 15.0 Å². The Kier molecular flexibility index (Phi) is 4.04. The Hall–Kier alpha value is -3.15. The number of rotatable bonds is 4. The first-order chi connectivity index (χ1) is 11.5. The molecule has 1 aromatic heterocycles. The molecule has 3 aromatic rings. The van der Waals surface area contributed by atoms with Crippen molar-refractivity contribution in [1.82, 2.24) is 4.98 Å². The van der Waals surface area contributed by atoms with Crippen molar-refractivity contribution in [2.45, 2.75) is 19.8 Å². The van der Waals surface area contributed by atoms with Gasteiger partial charge in [0.05, 0.1) is 16.8 Å². The predicted molar refractivity (Wildman–Crippen MR) is 91.6 cm³/mol. The average Bonchev–Trinajstić information content (AvgIpc) is 2.87. The quantitative estimate of drug-likeness (QED) is 0.582. The van der Waals surface area contributed by atoms with Crippen molar-refractivity contribution in [2.75, 3.05) is 0 Å². The molecule has 0 saturated carbocycles. The summed E-state index contributed by atoms with van der Waals surface area (Å²) in [4.78, 5) is 13.7. The smallest absolute Gasteiger partial charge is 0.335 e. The number of aromatic nitrogens is 1. The summed E-state index contributed by atoms with van der Waals surface area (Å²) in [5.41, 5.74) is 2.99. The number of carboxylic acids is 1. The van der Waals surface area contributed by atoms with E-state index in [4.69, 9.17) is 5.11 Å². The van der Waals surface area contributed by atoms with Crippen LogP contribution in [0, 0.1) is 0 Å². The second-order valence-electron chi connectivity index (χ2n) is 5.83. The Morgan fingerprint density at radius 3 is 2.42 bits per heavy atom. The van der Waals surface area contributed by atoms with Gasteiger partial charge in [0.2, 0.25) is 5.88 Å². The molecule has 122 valence electrons. The molecule has 1 heterocycles. The Morgan fingerprint density at radius 1 is 1.08 bits per heavy atom. The van der Waals surface area contributed by atoms with Crippen LogP contribution in [-0.4, -0.2) is 21.2 Å². The van der Waals surface area contributed by atoms with E-state index in [1.165, 1.54) is 12.1 Å². The van der Waals surface area contributed by atoms with Crippen LogP contribution in [0.2, 0.25) is 0 Å². The number of carboxylic acid groups (broad SMARTS) is 1. The predicted octanol–water partition coefficient (Wildman–Crippen LogP) is 5.11. The summed E-state index contributed by atoms with van der Waals surface area (Å²) in [6, 6.07) is 12.0. The maximum atomic E-state index is 10.8. The van der Waals surface area contributed by atoms with Crippen molar-refractivity contribution in [2.24, 2.45) is 10.2 Å². The van der Waals surface area contributed by atoms with E-state index in [0.29, 0.717) is 17.3 Å². The van der Waals surface area contributed by atoms with Gasteiger partial charge in [-0.3, -0.25) is 0 Å². The van der Waals surface area contributed by atoms with Crippen LogP contribution in [0.4, 0.5) is 11.4 Å². The number of aromatic amines is 1. The van der Waals surface area contributed by atoms with Crippen molar-refractivity contribution in [1.29, 1.82) is 0 Å². The molecule has 6 heteroatoms. The second-order valence-corrected chi connectivity index (χ2v) is 5.83. The van der Waals surface area contributed by atoms with Crippen LogP contribution in [0.1, 0.15) is 35.7 Å². The SMILES string of the molecule is CC(C)c1ccc2[nH]c(O)c(N=Nc3ccc(C(=O)O)cc3)c2c1. The van der Waals surface area contributed by atoms with Crippen molar-refractivity contribution in [3.63, 3.8) is 0 Å². The number of aromatic hydroxyl groups is 1. The van der Waals surface area contributed by atoms with Crippen molar-refractivity contribution in [3.05, 3.63) is 53.6 Å². The molecule has 0 spiro atoms. The second kappa shape index (κ2) is 6.16. The highest BCUT2D eigenvalue weighted by Crippen LogP contribution is 2.37. The Bertz CT molecular complexity index is 925. The molecule has 24 heavy (non-hydrogen) atoms. The first-order valence-electron chi connectivity index (χ1n) is 7.55. The van der Waals surface area contributed by atoms with Gasteiger partial charge in [-0.15, -0.1) is 5.11 Å². The molecule has 0 saturated heterocycles. The molecule has 6 nitrogen and oxygen atoms in total. The molecular formula is C18H17N3O3. The highest BCUT2D eigenvalue weighted by molar-refractivity contribution is 5.94.